The zero-order valence-corrected chi connectivity index (χ0v) is 13.0. The Morgan fingerprint density at radius 3 is 2.15 bits per heavy atom. The summed E-state index contributed by atoms with van der Waals surface area (Å²) >= 11 is 0. The second-order valence-corrected chi connectivity index (χ2v) is 5.71. The number of hydrogen-bond acceptors (Lipinski definition) is 3. The zero-order chi connectivity index (χ0) is 15.1. The average molecular weight is 277 g/mol. The topological polar surface area (TPSA) is 59.4 Å². The summed E-state index contributed by atoms with van der Waals surface area (Å²) in [6, 6.07) is 8.93. The predicted octanol–water partition coefficient (Wildman–Crippen LogP) is 3.04. The second kappa shape index (κ2) is 8.02. The van der Waals surface area contributed by atoms with E-state index in [2.05, 4.69) is 32.6 Å². The van der Waals surface area contributed by atoms with Crippen LogP contribution in [-0.2, 0) is 6.42 Å². The van der Waals surface area contributed by atoms with Gasteiger partial charge in [0.1, 0.15) is 5.84 Å². The van der Waals surface area contributed by atoms with Gasteiger partial charge in [0.2, 0.25) is 0 Å². The summed E-state index contributed by atoms with van der Waals surface area (Å²) in [4.78, 5) is 2.50. The maximum absolute atomic E-state index is 8.68. The molecule has 0 aromatic heterocycles. The molecule has 0 aliphatic rings. The highest BCUT2D eigenvalue weighted by Gasteiger charge is 2.12. The van der Waals surface area contributed by atoms with Crippen LogP contribution in [0, 0.1) is 5.41 Å². The lowest BCUT2D eigenvalue weighted by Gasteiger charge is -2.30. The van der Waals surface area contributed by atoms with Crippen molar-refractivity contribution in [1.82, 2.24) is 10.4 Å². The van der Waals surface area contributed by atoms with Crippen LogP contribution in [-0.4, -0.2) is 34.6 Å². The van der Waals surface area contributed by atoms with E-state index in [9.17, 15) is 0 Å². The van der Waals surface area contributed by atoms with Gasteiger partial charge in [-0.15, -0.1) is 0 Å². The number of nitrogens with one attached hydrogen (secondary N) is 2. The number of rotatable bonds is 7. The first-order valence-corrected chi connectivity index (χ1v) is 7.29. The van der Waals surface area contributed by atoms with Crippen LogP contribution in [0.25, 0.3) is 0 Å². The highest BCUT2D eigenvalue weighted by molar-refractivity contribution is 5.95. The molecule has 20 heavy (non-hydrogen) atoms. The van der Waals surface area contributed by atoms with Gasteiger partial charge in [-0.1, -0.05) is 24.3 Å². The fourth-order valence-electron chi connectivity index (χ4n) is 2.48. The van der Waals surface area contributed by atoms with E-state index in [1.165, 1.54) is 5.56 Å². The minimum absolute atomic E-state index is 0.0299. The molecule has 0 aliphatic heterocycles. The molecule has 0 unspecified atom stereocenters. The van der Waals surface area contributed by atoms with Crippen LogP contribution in [0.4, 0.5) is 0 Å². The summed E-state index contributed by atoms with van der Waals surface area (Å²) in [6.07, 6.45) is 2.17. The molecule has 3 N–H and O–H groups in total. The Labute approximate surface area is 122 Å². The number of hydrogen-bond donors (Lipinski definition) is 3. The van der Waals surface area contributed by atoms with Gasteiger partial charge in [-0.05, 0) is 52.6 Å². The standard InChI is InChI=1S/C16H27N3O/c1-12(2)19(13(3)4)11-5-6-14-7-9-15(10-8-14)16(17)18-20/h7-10,12-13,20H,5-6,11H2,1-4H3,(H2,17,18). The van der Waals surface area contributed by atoms with Gasteiger partial charge >= 0.3 is 0 Å². The Morgan fingerprint density at radius 1 is 1.15 bits per heavy atom. The minimum Gasteiger partial charge on any atom is -0.299 e. The number of nitrogens with zero attached hydrogens (tertiary/aromatic N) is 1. The van der Waals surface area contributed by atoms with Gasteiger partial charge in [0.15, 0.2) is 0 Å². The van der Waals surface area contributed by atoms with E-state index in [4.69, 9.17) is 10.6 Å². The molecule has 0 atom stereocenters. The third-order valence-corrected chi connectivity index (χ3v) is 3.56. The summed E-state index contributed by atoms with van der Waals surface area (Å²) in [7, 11) is 0. The van der Waals surface area contributed by atoms with E-state index in [0.717, 1.165) is 19.4 Å². The van der Waals surface area contributed by atoms with E-state index in [1.54, 1.807) is 0 Å². The molecule has 1 rings (SSSR count). The van der Waals surface area contributed by atoms with Crippen molar-refractivity contribution in [3.05, 3.63) is 35.4 Å². The molecule has 4 nitrogen and oxygen atoms in total. The molecule has 0 saturated heterocycles. The molecule has 1 aromatic carbocycles. The van der Waals surface area contributed by atoms with Gasteiger partial charge in [0, 0.05) is 17.6 Å². The van der Waals surface area contributed by atoms with Crippen molar-refractivity contribution in [1.29, 1.82) is 5.41 Å². The van der Waals surface area contributed by atoms with Crippen molar-refractivity contribution < 1.29 is 5.21 Å². The first-order chi connectivity index (χ1) is 9.45. The van der Waals surface area contributed by atoms with E-state index in [0.29, 0.717) is 17.6 Å². The van der Waals surface area contributed by atoms with Gasteiger partial charge in [-0.25, -0.2) is 0 Å². The van der Waals surface area contributed by atoms with Crippen molar-refractivity contribution >= 4 is 5.84 Å². The first-order valence-electron chi connectivity index (χ1n) is 7.29. The zero-order valence-electron chi connectivity index (χ0n) is 13.0. The quantitative estimate of drug-likeness (QED) is 0.408. The largest absolute Gasteiger partial charge is 0.299 e. The molecule has 112 valence electrons. The molecule has 4 heteroatoms. The van der Waals surface area contributed by atoms with Gasteiger partial charge in [-0.2, -0.15) is 0 Å². The lowest BCUT2D eigenvalue weighted by Crippen LogP contribution is -2.37. The molecular weight excluding hydrogens is 250 g/mol. The highest BCUT2D eigenvalue weighted by atomic mass is 16.5. The third kappa shape index (κ3) is 4.94. The van der Waals surface area contributed by atoms with Crippen molar-refractivity contribution in [2.24, 2.45) is 0 Å². The van der Waals surface area contributed by atoms with Crippen LogP contribution in [0.3, 0.4) is 0 Å². The maximum atomic E-state index is 8.68. The summed E-state index contributed by atoms with van der Waals surface area (Å²) in [6.45, 7) is 10.1. The van der Waals surface area contributed by atoms with Gasteiger partial charge in [-0.3, -0.25) is 21.0 Å². The minimum atomic E-state index is 0.0299. The van der Waals surface area contributed by atoms with Crippen molar-refractivity contribution in [2.75, 3.05) is 6.54 Å². The molecule has 0 amide bonds. The van der Waals surface area contributed by atoms with Crippen LogP contribution < -0.4 is 5.48 Å². The lowest BCUT2D eigenvalue weighted by molar-refractivity contribution is 0.173. The fraction of sp³-hybridized carbons (Fsp3) is 0.562. The molecule has 0 saturated carbocycles. The third-order valence-electron chi connectivity index (χ3n) is 3.56. The molecular formula is C16H27N3O. The molecule has 1 aromatic rings. The Kier molecular flexibility index (Phi) is 6.68. The summed E-state index contributed by atoms with van der Waals surface area (Å²) in [5.74, 6) is 0.0299. The van der Waals surface area contributed by atoms with E-state index in [1.807, 2.05) is 29.7 Å². The molecule has 0 spiro atoms. The SMILES string of the molecule is CC(C)N(CCCc1ccc(C(=N)NO)cc1)C(C)C. The van der Waals surface area contributed by atoms with E-state index < -0.39 is 0 Å². The second-order valence-electron chi connectivity index (χ2n) is 5.71. The Hall–Kier alpha value is -1.39. The van der Waals surface area contributed by atoms with Crippen LogP contribution in [0.2, 0.25) is 0 Å². The number of aryl methyl sites for hydroxylation is 1. The Balaban J connectivity index is 2.48. The van der Waals surface area contributed by atoms with E-state index >= 15 is 0 Å². The van der Waals surface area contributed by atoms with Crippen LogP contribution in [0.1, 0.15) is 45.2 Å². The first kappa shape index (κ1) is 16.7. The molecule has 0 bridgehead atoms. The van der Waals surface area contributed by atoms with Crippen molar-refractivity contribution in [3.8, 4) is 0 Å². The molecule has 0 radical (unpaired) electrons. The lowest BCUT2D eigenvalue weighted by atomic mass is 10.1. The Morgan fingerprint density at radius 2 is 1.70 bits per heavy atom. The van der Waals surface area contributed by atoms with Crippen LogP contribution in [0.15, 0.2) is 24.3 Å². The van der Waals surface area contributed by atoms with Crippen molar-refractivity contribution in [2.45, 2.75) is 52.6 Å². The summed E-state index contributed by atoms with van der Waals surface area (Å²) in [5.41, 5.74) is 3.83. The fourth-order valence-corrected chi connectivity index (χ4v) is 2.48. The van der Waals surface area contributed by atoms with Crippen molar-refractivity contribution in [3.63, 3.8) is 0 Å². The number of amidine groups is 1. The highest BCUT2D eigenvalue weighted by Crippen LogP contribution is 2.10. The summed E-state index contributed by atoms with van der Waals surface area (Å²) in [5, 5.41) is 16.2. The normalized spacial score (nSPS) is 11.4. The maximum Gasteiger partial charge on any atom is 0.149 e. The average Bonchev–Trinajstić information content (AvgIpc) is 2.42. The van der Waals surface area contributed by atoms with Crippen LogP contribution >= 0.6 is 0 Å². The van der Waals surface area contributed by atoms with Gasteiger partial charge in [0.05, 0.1) is 0 Å². The van der Waals surface area contributed by atoms with E-state index in [-0.39, 0.29) is 5.84 Å². The Bertz CT molecular complexity index is 404. The van der Waals surface area contributed by atoms with Gasteiger partial charge in [0.25, 0.3) is 0 Å². The smallest absolute Gasteiger partial charge is 0.149 e. The molecule has 0 heterocycles. The monoisotopic (exact) mass is 277 g/mol. The number of hydroxylamine groups is 1. The van der Waals surface area contributed by atoms with Gasteiger partial charge < -0.3 is 0 Å². The predicted molar refractivity (Wildman–Crippen MR) is 83.5 cm³/mol. The molecule has 0 aliphatic carbocycles. The molecule has 0 fully saturated rings. The number of benzene rings is 1. The van der Waals surface area contributed by atoms with Crippen LogP contribution in [0.5, 0.6) is 0 Å². The summed E-state index contributed by atoms with van der Waals surface area (Å²) < 4.78 is 0.